The predicted molar refractivity (Wildman–Crippen MR) is 71.7 cm³/mol. The van der Waals surface area contributed by atoms with E-state index in [2.05, 4.69) is 4.98 Å². The fourth-order valence-electron chi connectivity index (χ4n) is 1.61. The number of hydrogen-bond acceptors (Lipinski definition) is 4. The highest BCUT2D eigenvalue weighted by Gasteiger charge is 2.08. The molecule has 1 aromatic carbocycles. The molecule has 0 amide bonds. The van der Waals surface area contributed by atoms with Crippen molar-refractivity contribution in [1.29, 1.82) is 0 Å². The summed E-state index contributed by atoms with van der Waals surface area (Å²) in [4.78, 5) is 4.28. The zero-order valence-corrected chi connectivity index (χ0v) is 11.3. The molecule has 2 rings (SSSR count). The SMILES string of the molecule is COc1ccc(CSc2ncn(C)c2CO)cc1. The molecule has 0 saturated carbocycles. The Bertz CT molecular complexity index is 508. The van der Waals surface area contributed by atoms with E-state index in [0.717, 1.165) is 22.2 Å². The largest absolute Gasteiger partial charge is 0.497 e. The third kappa shape index (κ3) is 2.86. The van der Waals surface area contributed by atoms with Gasteiger partial charge in [0.1, 0.15) is 10.8 Å². The van der Waals surface area contributed by atoms with Crippen LogP contribution in [0.1, 0.15) is 11.3 Å². The summed E-state index contributed by atoms with van der Waals surface area (Å²) in [7, 11) is 3.54. The molecule has 0 fully saturated rings. The molecule has 96 valence electrons. The van der Waals surface area contributed by atoms with Crippen molar-refractivity contribution < 1.29 is 9.84 Å². The molecule has 0 aliphatic carbocycles. The van der Waals surface area contributed by atoms with Gasteiger partial charge in [-0.05, 0) is 17.7 Å². The number of hydrogen-bond donors (Lipinski definition) is 1. The van der Waals surface area contributed by atoms with Gasteiger partial charge in [-0.1, -0.05) is 23.9 Å². The molecular weight excluding hydrogens is 248 g/mol. The van der Waals surface area contributed by atoms with Gasteiger partial charge >= 0.3 is 0 Å². The molecule has 1 N–H and O–H groups in total. The topological polar surface area (TPSA) is 47.3 Å². The molecule has 4 nitrogen and oxygen atoms in total. The number of aliphatic hydroxyl groups excluding tert-OH is 1. The van der Waals surface area contributed by atoms with Crippen molar-refractivity contribution in [3.05, 3.63) is 41.9 Å². The van der Waals surface area contributed by atoms with Gasteiger partial charge in [0.2, 0.25) is 0 Å². The Labute approximate surface area is 111 Å². The van der Waals surface area contributed by atoms with Crippen LogP contribution in [0.2, 0.25) is 0 Å². The van der Waals surface area contributed by atoms with E-state index in [1.165, 1.54) is 5.56 Å². The van der Waals surface area contributed by atoms with Crippen LogP contribution in [0.25, 0.3) is 0 Å². The van der Waals surface area contributed by atoms with Gasteiger partial charge in [0.15, 0.2) is 0 Å². The third-order valence-electron chi connectivity index (χ3n) is 2.71. The Kier molecular flexibility index (Phi) is 4.28. The lowest BCUT2D eigenvalue weighted by Crippen LogP contribution is -1.95. The van der Waals surface area contributed by atoms with Crippen LogP contribution in [0.15, 0.2) is 35.6 Å². The number of aryl methyl sites for hydroxylation is 1. The molecule has 0 radical (unpaired) electrons. The normalized spacial score (nSPS) is 10.6. The van der Waals surface area contributed by atoms with E-state index >= 15 is 0 Å². The summed E-state index contributed by atoms with van der Waals surface area (Å²) < 4.78 is 6.96. The predicted octanol–water partition coefficient (Wildman–Crippen LogP) is 2.21. The summed E-state index contributed by atoms with van der Waals surface area (Å²) in [6, 6.07) is 7.96. The second kappa shape index (κ2) is 5.93. The van der Waals surface area contributed by atoms with Crippen LogP contribution >= 0.6 is 11.8 Å². The quantitative estimate of drug-likeness (QED) is 0.841. The first-order valence-electron chi connectivity index (χ1n) is 5.61. The molecule has 5 heteroatoms. The molecule has 18 heavy (non-hydrogen) atoms. The molecule has 2 aromatic rings. The van der Waals surface area contributed by atoms with Crippen LogP contribution in [-0.4, -0.2) is 21.8 Å². The first-order chi connectivity index (χ1) is 8.74. The molecular formula is C13H16N2O2S. The lowest BCUT2D eigenvalue weighted by atomic mass is 10.2. The Morgan fingerprint density at radius 1 is 1.33 bits per heavy atom. The molecule has 0 atom stereocenters. The third-order valence-corrected chi connectivity index (χ3v) is 3.80. The molecule has 0 saturated heterocycles. The molecule has 1 heterocycles. The zero-order valence-electron chi connectivity index (χ0n) is 10.5. The molecule has 0 spiro atoms. The summed E-state index contributed by atoms with van der Waals surface area (Å²) in [6.45, 7) is 0.0153. The van der Waals surface area contributed by atoms with E-state index in [9.17, 15) is 5.11 Å². The minimum atomic E-state index is 0.0153. The summed E-state index contributed by atoms with van der Waals surface area (Å²) >= 11 is 1.63. The summed E-state index contributed by atoms with van der Waals surface area (Å²) in [5.74, 6) is 1.69. The van der Waals surface area contributed by atoms with E-state index in [1.807, 2.05) is 35.9 Å². The summed E-state index contributed by atoms with van der Waals surface area (Å²) in [5, 5.41) is 10.1. The molecule has 0 bridgehead atoms. The number of imidazole rings is 1. The average molecular weight is 264 g/mol. The lowest BCUT2D eigenvalue weighted by Gasteiger charge is -2.04. The van der Waals surface area contributed by atoms with Crippen LogP contribution < -0.4 is 4.74 Å². The van der Waals surface area contributed by atoms with Gasteiger partial charge in [-0.3, -0.25) is 0 Å². The number of thioether (sulfide) groups is 1. The highest BCUT2D eigenvalue weighted by molar-refractivity contribution is 7.98. The fourth-order valence-corrected chi connectivity index (χ4v) is 2.60. The number of aliphatic hydroxyl groups is 1. The highest BCUT2D eigenvalue weighted by atomic mass is 32.2. The van der Waals surface area contributed by atoms with Crippen LogP contribution in [0.3, 0.4) is 0 Å². The maximum Gasteiger partial charge on any atom is 0.120 e. The van der Waals surface area contributed by atoms with E-state index in [-0.39, 0.29) is 6.61 Å². The molecule has 0 aliphatic heterocycles. The summed E-state index contributed by atoms with van der Waals surface area (Å²) in [6.07, 6.45) is 1.72. The van der Waals surface area contributed by atoms with E-state index < -0.39 is 0 Å². The van der Waals surface area contributed by atoms with Gasteiger partial charge < -0.3 is 14.4 Å². The van der Waals surface area contributed by atoms with Crippen LogP contribution in [0, 0.1) is 0 Å². The van der Waals surface area contributed by atoms with Crippen molar-refractivity contribution >= 4 is 11.8 Å². The van der Waals surface area contributed by atoms with E-state index in [4.69, 9.17) is 4.74 Å². The van der Waals surface area contributed by atoms with Crippen LogP contribution in [0.5, 0.6) is 5.75 Å². The summed E-state index contributed by atoms with van der Waals surface area (Å²) in [5.41, 5.74) is 2.06. The Balaban J connectivity index is 2.02. The zero-order chi connectivity index (χ0) is 13.0. The van der Waals surface area contributed by atoms with Gasteiger partial charge in [0.25, 0.3) is 0 Å². The molecule has 1 aromatic heterocycles. The minimum absolute atomic E-state index is 0.0153. The maximum atomic E-state index is 9.26. The number of nitrogens with zero attached hydrogens (tertiary/aromatic N) is 2. The van der Waals surface area contributed by atoms with Crippen LogP contribution in [-0.2, 0) is 19.4 Å². The Morgan fingerprint density at radius 2 is 2.06 bits per heavy atom. The molecule has 0 unspecified atom stereocenters. The highest BCUT2D eigenvalue weighted by Crippen LogP contribution is 2.25. The number of benzene rings is 1. The Morgan fingerprint density at radius 3 is 2.67 bits per heavy atom. The van der Waals surface area contributed by atoms with E-state index in [1.54, 1.807) is 25.2 Å². The first kappa shape index (κ1) is 13.0. The smallest absolute Gasteiger partial charge is 0.120 e. The van der Waals surface area contributed by atoms with Crippen molar-refractivity contribution in [3.8, 4) is 5.75 Å². The number of methoxy groups -OCH3 is 1. The van der Waals surface area contributed by atoms with Gasteiger partial charge in [0, 0.05) is 12.8 Å². The van der Waals surface area contributed by atoms with Crippen molar-refractivity contribution in [3.63, 3.8) is 0 Å². The van der Waals surface area contributed by atoms with Crippen molar-refractivity contribution in [2.75, 3.05) is 7.11 Å². The second-order valence-corrected chi connectivity index (χ2v) is 4.87. The van der Waals surface area contributed by atoms with Crippen molar-refractivity contribution in [1.82, 2.24) is 9.55 Å². The van der Waals surface area contributed by atoms with Gasteiger partial charge in [-0.25, -0.2) is 4.98 Å². The average Bonchev–Trinajstić information content (AvgIpc) is 2.77. The number of aromatic nitrogens is 2. The van der Waals surface area contributed by atoms with Crippen molar-refractivity contribution in [2.24, 2.45) is 7.05 Å². The fraction of sp³-hybridized carbons (Fsp3) is 0.308. The van der Waals surface area contributed by atoms with Crippen molar-refractivity contribution in [2.45, 2.75) is 17.4 Å². The number of ether oxygens (including phenoxy) is 1. The van der Waals surface area contributed by atoms with E-state index in [0.29, 0.717) is 0 Å². The van der Waals surface area contributed by atoms with Crippen LogP contribution in [0.4, 0.5) is 0 Å². The lowest BCUT2D eigenvalue weighted by molar-refractivity contribution is 0.269. The second-order valence-electron chi connectivity index (χ2n) is 3.90. The molecule has 0 aliphatic rings. The standard InChI is InChI=1S/C13H16N2O2S/c1-15-9-14-13(12(15)7-16)18-8-10-3-5-11(17-2)6-4-10/h3-6,9,16H,7-8H2,1-2H3. The number of rotatable bonds is 5. The first-order valence-corrected chi connectivity index (χ1v) is 6.60. The Hall–Kier alpha value is -1.46. The van der Waals surface area contributed by atoms with Gasteiger partial charge in [-0.2, -0.15) is 0 Å². The minimum Gasteiger partial charge on any atom is -0.497 e. The van der Waals surface area contributed by atoms with Gasteiger partial charge in [0.05, 0.1) is 25.7 Å². The monoisotopic (exact) mass is 264 g/mol. The maximum absolute atomic E-state index is 9.26. The van der Waals surface area contributed by atoms with Gasteiger partial charge in [-0.15, -0.1) is 0 Å².